The zero-order valence-corrected chi connectivity index (χ0v) is 26.8. The van der Waals surface area contributed by atoms with Crippen molar-refractivity contribution < 1.29 is 22.3 Å². The van der Waals surface area contributed by atoms with Gasteiger partial charge in [-0.1, -0.05) is 105 Å². The van der Waals surface area contributed by atoms with E-state index in [-0.39, 0.29) is 29.3 Å². The molecule has 4 aromatic rings. The molecule has 224 valence electrons. The summed E-state index contributed by atoms with van der Waals surface area (Å²) in [6, 6.07) is 29.7. The van der Waals surface area contributed by atoms with Crippen LogP contribution in [0.5, 0.6) is 0 Å². The van der Waals surface area contributed by atoms with Crippen LogP contribution >= 0.6 is 0 Å². The molecule has 0 amide bonds. The second-order valence-corrected chi connectivity index (χ2v) is 17.9. The number of ether oxygens (including phenoxy) is 2. The van der Waals surface area contributed by atoms with Gasteiger partial charge in [-0.2, -0.15) is 4.68 Å². The molecule has 0 aliphatic rings. The maximum atomic E-state index is 13.4. The third-order valence-electron chi connectivity index (χ3n) is 7.37. The topological polar surface area (TPSA) is 105 Å². The molecular weight excluding hydrogens is 569 g/mol. The number of tetrazole rings is 1. The van der Waals surface area contributed by atoms with Gasteiger partial charge in [0.05, 0.1) is 23.6 Å². The van der Waals surface area contributed by atoms with Crippen molar-refractivity contribution >= 4 is 28.5 Å². The predicted octanol–water partition coefficient (Wildman–Crippen LogP) is 4.17. The number of benzene rings is 3. The summed E-state index contributed by atoms with van der Waals surface area (Å²) >= 11 is 0. The number of para-hydroxylation sites is 1. The highest BCUT2D eigenvalue weighted by atomic mass is 32.2. The molecule has 4 rings (SSSR count). The Hall–Kier alpha value is -3.22. The van der Waals surface area contributed by atoms with E-state index < -0.39 is 23.8 Å². The Balaban J connectivity index is 1.58. The minimum atomic E-state index is -3.78. The van der Waals surface area contributed by atoms with Crippen molar-refractivity contribution in [2.45, 2.75) is 56.3 Å². The van der Waals surface area contributed by atoms with Gasteiger partial charge in [-0.05, 0) is 57.7 Å². The maximum Gasteiger partial charge on any atom is 0.272 e. The molecule has 3 aromatic carbocycles. The Morgan fingerprint density at radius 1 is 0.833 bits per heavy atom. The Kier molecular flexibility index (Phi) is 10.1. The number of rotatable bonds is 14. The van der Waals surface area contributed by atoms with E-state index in [1.807, 2.05) is 49.4 Å². The molecule has 0 saturated heterocycles. The Morgan fingerprint density at radius 2 is 1.38 bits per heavy atom. The highest BCUT2D eigenvalue weighted by Gasteiger charge is 2.51. The van der Waals surface area contributed by atoms with Gasteiger partial charge in [-0.15, -0.1) is 0 Å². The van der Waals surface area contributed by atoms with Crippen LogP contribution in [0.2, 0.25) is 5.04 Å². The number of hydrogen-bond acceptors (Lipinski definition) is 8. The van der Waals surface area contributed by atoms with E-state index in [4.69, 9.17) is 13.9 Å². The molecule has 0 saturated carbocycles. The van der Waals surface area contributed by atoms with Gasteiger partial charge in [0.1, 0.15) is 6.79 Å². The zero-order chi connectivity index (χ0) is 30.3. The molecule has 0 aliphatic heterocycles. The summed E-state index contributed by atoms with van der Waals surface area (Å²) in [7, 11) is -5.05. The minimum absolute atomic E-state index is 0.0552. The van der Waals surface area contributed by atoms with E-state index in [9.17, 15) is 8.42 Å². The lowest BCUT2D eigenvalue weighted by atomic mass is 10.0. The third kappa shape index (κ3) is 7.04. The monoisotopic (exact) mass is 608 g/mol. The molecule has 0 unspecified atom stereocenters. The molecule has 1 heterocycles. The summed E-state index contributed by atoms with van der Waals surface area (Å²) in [6.07, 6.45) is 0.731. The minimum Gasteiger partial charge on any atom is -0.404 e. The van der Waals surface area contributed by atoms with Crippen LogP contribution in [0, 0.1) is 0 Å². The summed E-state index contributed by atoms with van der Waals surface area (Å²) in [5.41, 5.74) is -0.239. The van der Waals surface area contributed by atoms with Crippen molar-refractivity contribution in [1.29, 1.82) is 0 Å². The standard InChI is InChI=1S/C31H40N4O5SSi/c1-30(2,3)42(27-18-11-7-12-19-27,28-20-13-8-14-21-28)40-24-31(4,39-25-38-5)22-15-23-41(36,37)29-32-33-34-35(29)26-16-9-6-10-17-26/h6-14,16-21H,15,22-25H2,1-5H3/t31-/m0/s1. The molecule has 42 heavy (non-hydrogen) atoms. The first-order valence-electron chi connectivity index (χ1n) is 14.0. The molecule has 0 spiro atoms. The van der Waals surface area contributed by atoms with Crippen molar-refractivity contribution in [2.24, 2.45) is 0 Å². The van der Waals surface area contributed by atoms with E-state index >= 15 is 0 Å². The normalized spacial score (nSPS) is 14.0. The van der Waals surface area contributed by atoms with Crippen LogP contribution in [0.15, 0.2) is 96.2 Å². The quantitative estimate of drug-likeness (QED) is 0.155. The fourth-order valence-corrected chi connectivity index (χ4v) is 11.2. The van der Waals surface area contributed by atoms with E-state index in [0.29, 0.717) is 18.5 Å². The summed E-state index contributed by atoms with van der Waals surface area (Å²) < 4.78 is 46.5. The molecule has 1 atom stereocenters. The van der Waals surface area contributed by atoms with Crippen LogP contribution in [0.4, 0.5) is 0 Å². The first-order valence-corrected chi connectivity index (χ1v) is 17.5. The second kappa shape index (κ2) is 13.4. The molecule has 0 aliphatic carbocycles. The van der Waals surface area contributed by atoms with Crippen LogP contribution in [0.1, 0.15) is 40.5 Å². The van der Waals surface area contributed by atoms with Gasteiger partial charge in [0.25, 0.3) is 13.5 Å². The van der Waals surface area contributed by atoms with E-state index in [2.05, 4.69) is 60.6 Å². The smallest absolute Gasteiger partial charge is 0.272 e. The van der Waals surface area contributed by atoms with Crippen molar-refractivity contribution in [3.8, 4) is 5.69 Å². The number of sulfone groups is 1. The average Bonchev–Trinajstić information content (AvgIpc) is 3.49. The number of nitrogens with zero attached hydrogens (tertiary/aromatic N) is 4. The molecule has 0 radical (unpaired) electrons. The molecule has 0 bridgehead atoms. The van der Waals surface area contributed by atoms with Crippen LogP contribution in [-0.2, 0) is 23.7 Å². The summed E-state index contributed by atoms with van der Waals surface area (Å²) in [5.74, 6) is -0.147. The first-order chi connectivity index (χ1) is 20.0. The van der Waals surface area contributed by atoms with Crippen LogP contribution in [0.25, 0.3) is 5.69 Å². The van der Waals surface area contributed by atoms with E-state index in [0.717, 1.165) is 10.4 Å². The van der Waals surface area contributed by atoms with Crippen molar-refractivity contribution in [3.05, 3.63) is 91.0 Å². The number of hydrogen-bond donors (Lipinski definition) is 0. The van der Waals surface area contributed by atoms with Gasteiger partial charge in [-0.3, -0.25) is 0 Å². The third-order valence-corrected chi connectivity index (χ3v) is 14.0. The average molecular weight is 609 g/mol. The zero-order valence-electron chi connectivity index (χ0n) is 24.9. The number of aromatic nitrogens is 4. The molecule has 11 heteroatoms. The SMILES string of the molecule is COCO[C@@](C)(CCCS(=O)(=O)c1nnnn1-c1ccccc1)CO[Si](c1ccccc1)(c1ccccc1)C(C)(C)C. The van der Waals surface area contributed by atoms with Gasteiger partial charge in [-0.25, -0.2) is 8.42 Å². The van der Waals surface area contributed by atoms with Gasteiger partial charge in [0, 0.05) is 7.11 Å². The van der Waals surface area contributed by atoms with E-state index in [1.165, 1.54) is 4.68 Å². The lowest BCUT2D eigenvalue weighted by Gasteiger charge is -2.45. The van der Waals surface area contributed by atoms with Crippen LogP contribution in [0.3, 0.4) is 0 Å². The highest BCUT2D eigenvalue weighted by Crippen LogP contribution is 2.38. The fraction of sp³-hybridized carbons (Fsp3) is 0.387. The van der Waals surface area contributed by atoms with Crippen molar-refractivity contribution in [1.82, 2.24) is 20.2 Å². The Labute approximate surface area is 249 Å². The summed E-state index contributed by atoms with van der Waals surface area (Å²) in [6.45, 7) is 8.91. The fourth-order valence-electron chi connectivity index (χ4n) is 5.24. The second-order valence-electron chi connectivity index (χ2n) is 11.6. The number of methoxy groups -OCH3 is 1. The largest absolute Gasteiger partial charge is 0.404 e. The molecule has 0 fully saturated rings. The lowest BCUT2D eigenvalue weighted by Crippen LogP contribution is -2.67. The predicted molar refractivity (Wildman–Crippen MR) is 165 cm³/mol. The Bertz CT molecular complexity index is 1470. The van der Waals surface area contributed by atoms with Crippen LogP contribution in [-0.4, -0.2) is 68.8 Å². The van der Waals surface area contributed by atoms with Gasteiger partial charge >= 0.3 is 0 Å². The van der Waals surface area contributed by atoms with Gasteiger partial charge < -0.3 is 13.9 Å². The highest BCUT2D eigenvalue weighted by molar-refractivity contribution is 7.91. The maximum absolute atomic E-state index is 13.4. The van der Waals surface area contributed by atoms with Crippen LogP contribution < -0.4 is 10.4 Å². The Morgan fingerprint density at radius 3 is 1.90 bits per heavy atom. The van der Waals surface area contributed by atoms with Gasteiger partial charge in [0.15, 0.2) is 0 Å². The first kappa shape index (κ1) is 31.7. The van der Waals surface area contributed by atoms with Crippen molar-refractivity contribution in [2.75, 3.05) is 26.3 Å². The van der Waals surface area contributed by atoms with E-state index in [1.54, 1.807) is 31.4 Å². The van der Waals surface area contributed by atoms with Crippen molar-refractivity contribution in [3.63, 3.8) is 0 Å². The molecular formula is C31H40N4O5SSi. The molecule has 1 aromatic heterocycles. The van der Waals surface area contributed by atoms with Gasteiger partial charge in [0.2, 0.25) is 9.84 Å². The molecule has 0 N–H and O–H groups in total. The summed E-state index contributed by atoms with van der Waals surface area (Å²) in [5, 5.41) is 13.3. The molecule has 9 nitrogen and oxygen atoms in total. The lowest BCUT2D eigenvalue weighted by molar-refractivity contribution is -0.141. The summed E-state index contributed by atoms with van der Waals surface area (Å²) in [4.78, 5) is 0.